The molecule has 0 aliphatic rings. The summed E-state index contributed by atoms with van der Waals surface area (Å²) in [5.41, 5.74) is 6.77. The summed E-state index contributed by atoms with van der Waals surface area (Å²) in [6.45, 7) is 0. The molecule has 1 heterocycles. The lowest BCUT2D eigenvalue weighted by atomic mass is 10.1. The van der Waals surface area contributed by atoms with Gasteiger partial charge < -0.3 is 20.4 Å². The number of carboxylic acid groups (broad SMARTS) is 1. The van der Waals surface area contributed by atoms with Crippen molar-refractivity contribution >= 4 is 28.8 Å². The number of benzene rings is 1. The first kappa shape index (κ1) is 13.9. The van der Waals surface area contributed by atoms with Crippen molar-refractivity contribution in [2.45, 2.75) is 23.8 Å². The molecule has 2 aromatic rings. The van der Waals surface area contributed by atoms with Gasteiger partial charge in [0.15, 0.2) is 5.58 Å². The maximum Gasteiger partial charge on any atom is 0.320 e. The highest BCUT2D eigenvalue weighted by molar-refractivity contribution is 7.99. The molecule has 1 aromatic heterocycles. The van der Waals surface area contributed by atoms with Crippen LogP contribution < -0.4 is 5.73 Å². The smallest absolute Gasteiger partial charge is 0.320 e. The number of hydrogen-bond donors (Lipinski definition) is 3. The number of carbonyl (C=O) groups is 1. The van der Waals surface area contributed by atoms with Crippen LogP contribution >= 0.6 is 11.8 Å². The molecule has 7 heteroatoms. The highest BCUT2D eigenvalue weighted by atomic mass is 32.2. The normalized spacial score (nSPS) is 14.4. The molecule has 0 radical (unpaired) electrons. The fraction of sp³-hybridized carbons (Fsp3) is 0.333. The van der Waals surface area contributed by atoms with Gasteiger partial charge in [-0.25, -0.2) is 4.98 Å². The Kier molecular flexibility index (Phi) is 4.41. The second kappa shape index (κ2) is 6.05. The van der Waals surface area contributed by atoms with Crippen LogP contribution in [0.15, 0.2) is 33.9 Å². The molecule has 2 atom stereocenters. The van der Waals surface area contributed by atoms with E-state index >= 15 is 0 Å². The van der Waals surface area contributed by atoms with Crippen molar-refractivity contribution in [1.29, 1.82) is 0 Å². The molecule has 6 nitrogen and oxygen atoms in total. The number of aliphatic hydroxyl groups is 1. The zero-order valence-electron chi connectivity index (χ0n) is 10.0. The van der Waals surface area contributed by atoms with E-state index in [1.165, 1.54) is 11.8 Å². The lowest BCUT2D eigenvalue weighted by Crippen LogP contribution is -2.34. The predicted octanol–water partition coefficient (Wildman–Crippen LogP) is 1.08. The average molecular weight is 282 g/mol. The quantitative estimate of drug-likeness (QED) is 0.680. The lowest BCUT2D eigenvalue weighted by molar-refractivity contribution is -0.139. The van der Waals surface area contributed by atoms with Crippen LogP contribution in [0.5, 0.6) is 0 Å². The van der Waals surface area contributed by atoms with Gasteiger partial charge in [-0.1, -0.05) is 23.9 Å². The number of thioether (sulfide) groups is 1. The third-order valence-electron chi connectivity index (χ3n) is 2.52. The van der Waals surface area contributed by atoms with Gasteiger partial charge in [-0.2, -0.15) is 0 Å². The van der Waals surface area contributed by atoms with Gasteiger partial charge in [0.1, 0.15) is 11.6 Å². The van der Waals surface area contributed by atoms with Crippen molar-refractivity contribution in [2.24, 2.45) is 5.73 Å². The molecule has 0 fully saturated rings. The molecular weight excluding hydrogens is 268 g/mol. The Labute approximate surface area is 113 Å². The number of nitrogens with two attached hydrogens (primary N) is 1. The number of aromatic nitrogens is 1. The largest absolute Gasteiger partial charge is 0.480 e. The van der Waals surface area contributed by atoms with Crippen LogP contribution in [0.1, 0.15) is 6.42 Å². The monoisotopic (exact) mass is 282 g/mol. The van der Waals surface area contributed by atoms with Crippen LogP contribution in [0.4, 0.5) is 0 Å². The number of nitrogens with zero attached hydrogens (tertiary/aromatic N) is 1. The minimum atomic E-state index is -1.12. The Morgan fingerprint density at radius 3 is 2.89 bits per heavy atom. The molecule has 0 aliphatic heterocycles. The highest BCUT2D eigenvalue weighted by Crippen LogP contribution is 2.24. The Hall–Kier alpha value is -1.57. The van der Waals surface area contributed by atoms with Crippen LogP contribution in [0, 0.1) is 0 Å². The number of fused-ring (bicyclic) bond motifs is 1. The zero-order chi connectivity index (χ0) is 13.8. The fourth-order valence-corrected chi connectivity index (χ4v) is 2.32. The predicted molar refractivity (Wildman–Crippen MR) is 71.0 cm³/mol. The molecule has 19 heavy (non-hydrogen) atoms. The molecular formula is C12H14N2O4S. The van der Waals surface area contributed by atoms with Crippen molar-refractivity contribution < 1.29 is 19.4 Å². The first-order valence-corrected chi connectivity index (χ1v) is 6.69. The molecule has 0 bridgehead atoms. The lowest BCUT2D eigenvalue weighted by Gasteiger charge is -2.11. The van der Waals surface area contributed by atoms with Crippen LogP contribution in [0.3, 0.4) is 0 Å². The second-order valence-corrected chi connectivity index (χ2v) is 5.06. The van der Waals surface area contributed by atoms with E-state index in [1.807, 2.05) is 24.3 Å². The summed E-state index contributed by atoms with van der Waals surface area (Å²) < 4.78 is 5.46. The molecule has 0 saturated carbocycles. The molecule has 0 saturated heterocycles. The molecule has 0 spiro atoms. The number of rotatable bonds is 6. The van der Waals surface area contributed by atoms with Gasteiger partial charge in [0.05, 0.1) is 6.10 Å². The molecule has 2 rings (SSSR count). The fourth-order valence-electron chi connectivity index (χ4n) is 1.54. The zero-order valence-corrected chi connectivity index (χ0v) is 10.8. The van der Waals surface area contributed by atoms with Gasteiger partial charge in [-0.3, -0.25) is 4.79 Å². The number of aliphatic hydroxyl groups excluding tert-OH is 1. The van der Waals surface area contributed by atoms with E-state index < -0.39 is 18.1 Å². The molecule has 0 amide bonds. The average Bonchev–Trinajstić information content (AvgIpc) is 2.78. The third-order valence-corrected chi connectivity index (χ3v) is 3.49. The van der Waals surface area contributed by atoms with E-state index in [4.69, 9.17) is 15.3 Å². The summed E-state index contributed by atoms with van der Waals surface area (Å²) in [5, 5.41) is 18.8. The van der Waals surface area contributed by atoms with Gasteiger partial charge in [0.2, 0.25) is 0 Å². The topological polar surface area (TPSA) is 110 Å². The number of aliphatic carboxylic acids is 1. The third kappa shape index (κ3) is 3.69. The minimum absolute atomic E-state index is 0.00254. The number of para-hydroxylation sites is 2. The van der Waals surface area contributed by atoms with E-state index in [1.54, 1.807) is 0 Å². The Morgan fingerprint density at radius 1 is 1.47 bits per heavy atom. The molecule has 0 aliphatic carbocycles. The summed E-state index contributed by atoms with van der Waals surface area (Å²) in [5.74, 6) is -0.834. The van der Waals surface area contributed by atoms with Crippen molar-refractivity contribution in [3.05, 3.63) is 24.3 Å². The molecule has 1 aromatic carbocycles. The van der Waals surface area contributed by atoms with Gasteiger partial charge in [-0.15, -0.1) is 0 Å². The van der Waals surface area contributed by atoms with Gasteiger partial charge in [-0.05, 0) is 18.6 Å². The standard InChI is InChI=1S/C12H14N2O4S/c13-8(11(16)17)5-7(15)6-19-12-14-9-3-1-2-4-10(9)18-12/h1-4,7-8,15H,5-6,13H2,(H,16,17). The first-order chi connectivity index (χ1) is 9.06. The van der Waals surface area contributed by atoms with E-state index in [0.717, 1.165) is 5.52 Å². The van der Waals surface area contributed by atoms with Gasteiger partial charge in [0, 0.05) is 5.75 Å². The first-order valence-electron chi connectivity index (χ1n) is 5.71. The number of carboxylic acids is 1. The number of oxazole rings is 1. The van der Waals surface area contributed by atoms with E-state index in [-0.39, 0.29) is 12.2 Å². The Bertz CT molecular complexity index is 539. The summed E-state index contributed by atoms with van der Waals surface area (Å²) >= 11 is 1.23. The Balaban J connectivity index is 1.89. The van der Waals surface area contributed by atoms with Crippen LogP contribution in [-0.2, 0) is 4.79 Å². The van der Waals surface area contributed by atoms with Crippen LogP contribution in [0.25, 0.3) is 11.1 Å². The van der Waals surface area contributed by atoms with E-state index in [2.05, 4.69) is 4.98 Å². The van der Waals surface area contributed by atoms with Crippen molar-refractivity contribution in [3.63, 3.8) is 0 Å². The molecule has 4 N–H and O–H groups in total. The maximum atomic E-state index is 10.6. The number of hydrogen-bond acceptors (Lipinski definition) is 6. The van der Waals surface area contributed by atoms with Crippen molar-refractivity contribution in [3.8, 4) is 0 Å². The van der Waals surface area contributed by atoms with Gasteiger partial charge in [0.25, 0.3) is 5.22 Å². The summed E-state index contributed by atoms with van der Waals surface area (Å²) in [7, 11) is 0. The molecule has 102 valence electrons. The van der Waals surface area contributed by atoms with Crippen molar-refractivity contribution in [2.75, 3.05) is 5.75 Å². The highest BCUT2D eigenvalue weighted by Gasteiger charge is 2.18. The van der Waals surface area contributed by atoms with Crippen LogP contribution in [0.2, 0.25) is 0 Å². The summed E-state index contributed by atoms with van der Waals surface area (Å²) in [6, 6.07) is 6.30. The summed E-state index contributed by atoms with van der Waals surface area (Å²) in [4.78, 5) is 14.8. The summed E-state index contributed by atoms with van der Waals surface area (Å²) in [6.07, 6.45) is -0.811. The van der Waals surface area contributed by atoms with E-state index in [0.29, 0.717) is 10.8 Å². The SMILES string of the molecule is NC(CC(O)CSc1nc2ccccc2o1)C(=O)O. The van der Waals surface area contributed by atoms with Crippen LogP contribution in [-0.4, -0.2) is 39.1 Å². The van der Waals surface area contributed by atoms with E-state index in [9.17, 15) is 9.90 Å². The Morgan fingerprint density at radius 2 is 2.21 bits per heavy atom. The maximum absolute atomic E-state index is 10.6. The van der Waals surface area contributed by atoms with Crippen molar-refractivity contribution in [1.82, 2.24) is 4.98 Å². The second-order valence-electron chi connectivity index (χ2n) is 4.09. The molecule has 2 unspecified atom stereocenters. The minimum Gasteiger partial charge on any atom is -0.480 e. The van der Waals surface area contributed by atoms with Gasteiger partial charge >= 0.3 is 5.97 Å².